The van der Waals surface area contributed by atoms with E-state index in [9.17, 15) is 9.59 Å². The number of carbonyl (C=O) groups is 2. The molecule has 1 amide bonds. The summed E-state index contributed by atoms with van der Waals surface area (Å²) in [6.45, 7) is 8.46. The molecule has 0 unspecified atom stereocenters. The summed E-state index contributed by atoms with van der Waals surface area (Å²) in [6.07, 6.45) is 0. The molecule has 138 valence electrons. The Hall–Kier alpha value is -2.66. The lowest BCUT2D eigenvalue weighted by atomic mass is 10.1. The van der Waals surface area contributed by atoms with Gasteiger partial charge in [-0.05, 0) is 56.2 Å². The van der Waals surface area contributed by atoms with Crippen molar-refractivity contribution in [3.63, 3.8) is 0 Å². The third-order valence-electron chi connectivity index (χ3n) is 3.52. The highest BCUT2D eigenvalue weighted by atomic mass is 16.6. The normalized spacial score (nSPS) is 11.1. The molecule has 0 aromatic heterocycles. The first-order valence-corrected chi connectivity index (χ1v) is 8.62. The molecule has 2 aromatic rings. The van der Waals surface area contributed by atoms with Gasteiger partial charge in [0.2, 0.25) is 5.91 Å². The molecule has 0 spiro atoms. The Balaban J connectivity index is 1.82. The standard InChI is InChI=1S/C21H26N2O3/c1-15(24)23-19-11-7-17(8-12-19)14-22-13-16-5-9-18(10-6-16)20(25)26-21(2,3)4/h5-12,22H,13-14H2,1-4H3,(H,23,24). The summed E-state index contributed by atoms with van der Waals surface area (Å²) in [6, 6.07) is 15.1. The van der Waals surface area contributed by atoms with Gasteiger partial charge in [0.15, 0.2) is 0 Å². The van der Waals surface area contributed by atoms with Gasteiger partial charge in [-0.25, -0.2) is 4.79 Å². The first-order chi connectivity index (χ1) is 12.2. The SMILES string of the molecule is CC(=O)Nc1ccc(CNCc2ccc(C(=O)OC(C)(C)C)cc2)cc1. The number of benzene rings is 2. The Morgan fingerprint density at radius 2 is 1.38 bits per heavy atom. The highest BCUT2D eigenvalue weighted by Crippen LogP contribution is 2.13. The highest BCUT2D eigenvalue weighted by molar-refractivity contribution is 5.89. The number of ether oxygens (including phenoxy) is 1. The Labute approximate surface area is 154 Å². The van der Waals surface area contributed by atoms with E-state index in [2.05, 4.69) is 10.6 Å². The lowest BCUT2D eigenvalue weighted by Crippen LogP contribution is -2.23. The minimum absolute atomic E-state index is 0.0781. The molecule has 0 saturated carbocycles. The molecule has 2 aromatic carbocycles. The van der Waals surface area contributed by atoms with Gasteiger partial charge in [-0.1, -0.05) is 24.3 Å². The fourth-order valence-electron chi connectivity index (χ4n) is 2.36. The van der Waals surface area contributed by atoms with Gasteiger partial charge in [0.25, 0.3) is 0 Å². The van der Waals surface area contributed by atoms with Crippen LogP contribution in [0.4, 0.5) is 5.69 Å². The molecule has 0 saturated heterocycles. The summed E-state index contributed by atoms with van der Waals surface area (Å²) in [5.74, 6) is -0.387. The van der Waals surface area contributed by atoms with Crippen molar-refractivity contribution < 1.29 is 14.3 Å². The van der Waals surface area contributed by atoms with Crippen LogP contribution < -0.4 is 10.6 Å². The molecule has 26 heavy (non-hydrogen) atoms. The first-order valence-electron chi connectivity index (χ1n) is 8.62. The molecular formula is C21H26N2O3. The van der Waals surface area contributed by atoms with Crippen LogP contribution in [0.3, 0.4) is 0 Å². The molecule has 2 rings (SSSR count). The largest absolute Gasteiger partial charge is 0.456 e. The average molecular weight is 354 g/mol. The number of nitrogens with one attached hydrogen (secondary N) is 2. The molecule has 0 heterocycles. The van der Waals surface area contributed by atoms with Crippen LogP contribution in [-0.4, -0.2) is 17.5 Å². The van der Waals surface area contributed by atoms with E-state index in [1.54, 1.807) is 12.1 Å². The maximum absolute atomic E-state index is 12.0. The maximum Gasteiger partial charge on any atom is 0.338 e. The second kappa shape index (κ2) is 8.63. The van der Waals surface area contributed by atoms with Crippen molar-refractivity contribution in [1.29, 1.82) is 0 Å². The van der Waals surface area contributed by atoms with Gasteiger partial charge in [-0.3, -0.25) is 4.79 Å². The fourth-order valence-corrected chi connectivity index (χ4v) is 2.36. The van der Waals surface area contributed by atoms with Gasteiger partial charge < -0.3 is 15.4 Å². The van der Waals surface area contributed by atoms with Crippen molar-refractivity contribution in [3.8, 4) is 0 Å². The zero-order valence-electron chi connectivity index (χ0n) is 15.8. The molecule has 0 aliphatic rings. The molecule has 0 aliphatic carbocycles. The highest BCUT2D eigenvalue weighted by Gasteiger charge is 2.17. The molecule has 0 bridgehead atoms. The Bertz CT molecular complexity index is 744. The summed E-state index contributed by atoms with van der Waals surface area (Å²) in [5, 5.41) is 6.11. The number of rotatable bonds is 6. The summed E-state index contributed by atoms with van der Waals surface area (Å²) in [4.78, 5) is 23.0. The van der Waals surface area contributed by atoms with Crippen LogP contribution in [0.5, 0.6) is 0 Å². The van der Waals surface area contributed by atoms with E-state index in [1.165, 1.54) is 6.92 Å². The van der Waals surface area contributed by atoms with E-state index in [-0.39, 0.29) is 11.9 Å². The van der Waals surface area contributed by atoms with E-state index >= 15 is 0 Å². The molecule has 0 radical (unpaired) electrons. The van der Waals surface area contributed by atoms with Crippen molar-refractivity contribution in [1.82, 2.24) is 5.32 Å². The van der Waals surface area contributed by atoms with Gasteiger partial charge in [-0.15, -0.1) is 0 Å². The maximum atomic E-state index is 12.0. The summed E-state index contributed by atoms with van der Waals surface area (Å²) >= 11 is 0. The first kappa shape index (κ1) is 19.7. The minimum atomic E-state index is -0.493. The van der Waals surface area contributed by atoms with E-state index < -0.39 is 5.60 Å². The molecule has 2 N–H and O–H groups in total. The van der Waals surface area contributed by atoms with Gasteiger partial charge in [0.05, 0.1) is 5.56 Å². The van der Waals surface area contributed by atoms with Crippen molar-refractivity contribution in [2.24, 2.45) is 0 Å². The Morgan fingerprint density at radius 3 is 1.85 bits per heavy atom. The smallest absolute Gasteiger partial charge is 0.338 e. The Morgan fingerprint density at radius 1 is 0.885 bits per heavy atom. The summed E-state index contributed by atoms with van der Waals surface area (Å²) < 4.78 is 5.36. The lowest BCUT2D eigenvalue weighted by Gasteiger charge is -2.19. The summed E-state index contributed by atoms with van der Waals surface area (Å²) in [7, 11) is 0. The minimum Gasteiger partial charge on any atom is -0.456 e. The van der Waals surface area contributed by atoms with Crippen LogP contribution in [0.2, 0.25) is 0 Å². The molecule has 0 fully saturated rings. The summed E-state index contributed by atoms with van der Waals surface area (Å²) in [5.41, 5.74) is 3.07. The van der Waals surface area contributed by atoms with E-state index in [4.69, 9.17) is 4.74 Å². The van der Waals surface area contributed by atoms with Crippen LogP contribution in [0.25, 0.3) is 0 Å². The number of anilines is 1. The van der Waals surface area contributed by atoms with Gasteiger partial charge in [0.1, 0.15) is 5.60 Å². The monoisotopic (exact) mass is 354 g/mol. The number of esters is 1. The molecular weight excluding hydrogens is 328 g/mol. The van der Waals surface area contributed by atoms with Crippen molar-refractivity contribution in [3.05, 3.63) is 65.2 Å². The van der Waals surface area contributed by atoms with Crippen molar-refractivity contribution in [2.75, 3.05) is 5.32 Å². The van der Waals surface area contributed by atoms with Crippen LogP contribution in [0, 0.1) is 0 Å². The number of carbonyl (C=O) groups excluding carboxylic acids is 2. The predicted octanol–water partition coefficient (Wildman–Crippen LogP) is 3.89. The molecule has 5 heteroatoms. The van der Waals surface area contributed by atoms with Crippen LogP contribution in [0.15, 0.2) is 48.5 Å². The zero-order chi connectivity index (χ0) is 19.2. The lowest BCUT2D eigenvalue weighted by molar-refractivity contribution is -0.114. The second-order valence-electron chi connectivity index (χ2n) is 7.18. The Kier molecular flexibility index (Phi) is 6.52. The second-order valence-corrected chi connectivity index (χ2v) is 7.18. The quantitative estimate of drug-likeness (QED) is 0.772. The van der Waals surface area contributed by atoms with Crippen LogP contribution in [0.1, 0.15) is 49.2 Å². The number of hydrogen-bond acceptors (Lipinski definition) is 4. The van der Waals surface area contributed by atoms with E-state index in [1.807, 2.05) is 57.2 Å². The van der Waals surface area contributed by atoms with E-state index in [0.29, 0.717) is 18.7 Å². The van der Waals surface area contributed by atoms with Gasteiger partial charge in [0, 0.05) is 25.7 Å². The predicted molar refractivity (Wildman–Crippen MR) is 103 cm³/mol. The molecule has 0 aliphatic heterocycles. The average Bonchev–Trinajstić information content (AvgIpc) is 2.55. The van der Waals surface area contributed by atoms with Gasteiger partial charge in [-0.2, -0.15) is 0 Å². The molecule has 5 nitrogen and oxygen atoms in total. The molecule has 0 atom stereocenters. The third-order valence-corrected chi connectivity index (χ3v) is 3.52. The van der Waals surface area contributed by atoms with Crippen molar-refractivity contribution in [2.45, 2.75) is 46.4 Å². The van der Waals surface area contributed by atoms with Crippen molar-refractivity contribution >= 4 is 17.6 Å². The topological polar surface area (TPSA) is 67.4 Å². The zero-order valence-corrected chi connectivity index (χ0v) is 15.8. The van der Waals surface area contributed by atoms with Crippen LogP contribution in [-0.2, 0) is 22.6 Å². The number of hydrogen-bond donors (Lipinski definition) is 2. The van der Waals surface area contributed by atoms with Gasteiger partial charge >= 0.3 is 5.97 Å². The van der Waals surface area contributed by atoms with E-state index in [0.717, 1.165) is 16.8 Å². The van der Waals surface area contributed by atoms with Crippen LogP contribution >= 0.6 is 0 Å². The number of amides is 1. The third kappa shape index (κ3) is 6.69. The fraction of sp³-hybridized carbons (Fsp3) is 0.333.